The molecule has 3 nitrogen and oxygen atoms in total. The second kappa shape index (κ2) is 3.56. The van der Waals surface area contributed by atoms with Gasteiger partial charge in [-0.1, -0.05) is 9.24 Å². The van der Waals surface area contributed by atoms with Gasteiger partial charge in [-0.05, 0) is 18.2 Å². The molecule has 0 aliphatic heterocycles. The summed E-state index contributed by atoms with van der Waals surface area (Å²) < 4.78 is 10.1. The Morgan fingerprint density at radius 2 is 2.25 bits per heavy atom. The van der Waals surface area contributed by atoms with Crippen LogP contribution >= 0.6 is 9.24 Å². The van der Waals surface area contributed by atoms with E-state index in [2.05, 4.69) is 9.24 Å². The maximum Gasteiger partial charge on any atom is 0.132 e. The monoisotopic (exact) mass is 188 g/mol. The highest BCUT2D eigenvalue weighted by molar-refractivity contribution is 7.19. The van der Waals surface area contributed by atoms with Crippen LogP contribution in [0.25, 0.3) is 0 Å². The van der Waals surface area contributed by atoms with Crippen LogP contribution in [-0.4, -0.2) is 30.8 Å². The summed E-state index contributed by atoms with van der Waals surface area (Å²) in [4.78, 5) is 0. The maximum atomic E-state index is 9.51. The molecule has 0 saturated heterocycles. The van der Waals surface area contributed by atoms with E-state index in [-0.39, 0.29) is 0 Å². The van der Waals surface area contributed by atoms with Gasteiger partial charge in [-0.25, -0.2) is 0 Å². The van der Waals surface area contributed by atoms with Crippen LogP contribution in [0, 0.1) is 0 Å². The van der Waals surface area contributed by atoms with Crippen molar-refractivity contribution >= 4 is 9.24 Å². The average molecular weight is 188 g/mol. The fourth-order valence-corrected chi connectivity index (χ4v) is 1.27. The number of aliphatic hydroxyl groups excluding tert-OH is 1. The van der Waals surface area contributed by atoms with Gasteiger partial charge in [0.25, 0.3) is 0 Å². The normalized spacial score (nSPS) is 34.7. The summed E-state index contributed by atoms with van der Waals surface area (Å²) in [5.41, 5.74) is 0. The fourth-order valence-electron chi connectivity index (χ4n) is 0.999. The molecule has 3 atom stereocenters. The van der Waals surface area contributed by atoms with Gasteiger partial charge in [0.1, 0.15) is 17.2 Å². The van der Waals surface area contributed by atoms with Gasteiger partial charge >= 0.3 is 0 Å². The van der Waals surface area contributed by atoms with Crippen LogP contribution < -0.4 is 0 Å². The highest BCUT2D eigenvalue weighted by Crippen LogP contribution is 2.31. The molecule has 0 bridgehead atoms. The number of aliphatic hydroxyl groups is 1. The average Bonchev–Trinajstić information content (AvgIpc) is 2.10. The van der Waals surface area contributed by atoms with Gasteiger partial charge in [-0.3, -0.25) is 0 Å². The fraction of sp³-hybridized carbons (Fsp3) is 0.500. The minimum atomic E-state index is -0.750. The van der Waals surface area contributed by atoms with E-state index in [9.17, 15) is 5.11 Å². The Morgan fingerprint density at radius 1 is 1.58 bits per heavy atom. The van der Waals surface area contributed by atoms with Gasteiger partial charge in [0, 0.05) is 7.11 Å². The summed E-state index contributed by atoms with van der Waals surface area (Å²) >= 11 is 0. The zero-order valence-corrected chi connectivity index (χ0v) is 8.31. The molecule has 1 N–H and O–H groups in total. The van der Waals surface area contributed by atoms with E-state index in [0.717, 1.165) is 0 Å². The molecule has 0 aromatic rings. The Labute approximate surface area is 74.3 Å². The molecule has 0 heterocycles. The Morgan fingerprint density at radius 3 is 2.75 bits per heavy atom. The summed E-state index contributed by atoms with van der Waals surface area (Å²) in [5, 5.41) is 8.76. The van der Waals surface area contributed by atoms with Crippen LogP contribution in [0.1, 0.15) is 0 Å². The van der Waals surface area contributed by atoms with E-state index in [1.165, 1.54) is 0 Å². The minimum Gasteiger partial charge on any atom is -0.497 e. The molecule has 3 unspecified atom stereocenters. The number of allylic oxidation sites excluding steroid dienone is 1. The second-order valence-electron chi connectivity index (χ2n) is 2.61. The van der Waals surface area contributed by atoms with Crippen molar-refractivity contribution in [2.75, 3.05) is 14.2 Å². The standard InChI is InChI=1S/C8H13O3P/c1-10-6-3-4-7(9)8(12,5-6)11-2/h3-5,7,9H,12H2,1-2H3. The highest BCUT2D eigenvalue weighted by atomic mass is 31.0. The first kappa shape index (κ1) is 9.72. The molecular weight excluding hydrogens is 175 g/mol. The molecule has 1 aliphatic rings. The van der Waals surface area contributed by atoms with E-state index in [0.29, 0.717) is 5.76 Å². The molecule has 0 amide bonds. The molecule has 12 heavy (non-hydrogen) atoms. The van der Waals surface area contributed by atoms with Gasteiger partial charge < -0.3 is 14.6 Å². The first-order valence-corrected chi connectivity index (χ1v) is 4.17. The van der Waals surface area contributed by atoms with Gasteiger partial charge in [-0.2, -0.15) is 0 Å². The van der Waals surface area contributed by atoms with E-state index >= 15 is 0 Å². The lowest BCUT2D eigenvalue weighted by molar-refractivity contribution is 0.0122. The number of rotatable bonds is 2. The summed E-state index contributed by atoms with van der Waals surface area (Å²) in [6, 6.07) is 0. The predicted molar refractivity (Wildman–Crippen MR) is 49.7 cm³/mol. The Kier molecular flexibility index (Phi) is 2.89. The topological polar surface area (TPSA) is 38.7 Å². The zero-order valence-electron chi connectivity index (χ0n) is 7.15. The molecule has 4 heteroatoms. The molecule has 0 aromatic heterocycles. The van der Waals surface area contributed by atoms with E-state index in [1.807, 2.05) is 0 Å². The number of ether oxygens (including phenoxy) is 2. The third-order valence-corrected chi connectivity index (χ3v) is 2.61. The lowest BCUT2D eigenvalue weighted by Gasteiger charge is -2.30. The van der Waals surface area contributed by atoms with Crippen molar-refractivity contribution in [3.8, 4) is 0 Å². The Hall–Kier alpha value is -0.370. The quantitative estimate of drug-likeness (QED) is 0.647. The largest absolute Gasteiger partial charge is 0.497 e. The third-order valence-electron chi connectivity index (χ3n) is 1.86. The van der Waals surface area contributed by atoms with E-state index < -0.39 is 11.4 Å². The van der Waals surface area contributed by atoms with Crippen LogP contribution in [0.5, 0.6) is 0 Å². The van der Waals surface area contributed by atoms with Crippen LogP contribution in [0.2, 0.25) is 0 Å². The summed E-state index contributed by atoms with van der Waals surface area (Å²) in [5.74, 6) is 0.692. The SMILES string of the molecule is COC1=CC(P)(OC)C(O)C=C1. The van der Waals surface area contributed by atoms with Crippen molar-refractivity contribution in [3.63, 3.8) is 0 Å². The van der Waals surface area contributed by atoms with E-state index in [4.69, 9.17) is 9.47 Å². The van der Waals surface area contributed by atoms with Crippen molar-refractivity contribution in [1.29, 1.82) is 0 Å². The maximum absolute atomic E-state index is 9.51. The van der Waals surface area contributed by atoms with Crippen molar-refractivity contribution in [2.45, 2.75) is 11.4 Å². The number of hydrogen-bond acceptors (Lipinski definition) is 3. The van der Waals surface area contributed by atoms with Crippen molar-refractivity contribution in [2.24, 2.45) is 0 Å². The van der Waals surface area contributed by atoms with Crippen LogP contribution in [0.15, 0.2) is 24.0 Å². The molecule has 0 fully saturated rings. The molecule has 0 saturated carbocycles. The smallest absolute Gasteiger partial charge is 0.132 e. The minimum absolute atomic E-state index is 0.647. The highest BCUT2D eigenvalue weighted by Gasteiger charge is 2.32. The zero-order chi connectivity index (χ0) is 9.19. The molecule has 0 radical (unpaired) electrons. The third kappa shape index (κ3) is 1.69. The van der Waals surface area contributed by atoms with E-state index in [1.54, 1.807) is 32.4 Å². The van der Waals surface area contributed by atoms with Crippen LogP contribution in [0.3, 0.4) is 0 Å². The Bertz CT molecular complexity index is 224. The molecule has 1 aliphatic carbocycles. The van der Waals surface area contributed by atoms with Crippen molar-refractivity contribution in [3.05, 3.63) is 24.0 Å². The van der Waals surface area contributed by atoms with Crippen molar-refractivity contribution < 1.29 is 14.6 Å². The van der Waals surface area contributed by atoms with Gasteiger partial charge in [0.2, 0.25) is 0 Å². The van der Waals surface area contributed by atoms with Crippen LogP contribution in [-0.2, 0) is 9.47 Å². The molecular formula is C8H13O3P. The first-order chi connectivity index (χ1) is 5.62. The molecule has 68 valence electrons. The van der Waals surface area contributed by atoms with Gasteiger partial charge in [0.15, 0.2) is 0 Å². The van der Waals surface area contributed by atoms with Crippen LogP contribution in [0.4, 0.5) is 0 Å². The lowest BCUT2D eigenvalue weighted by Crippen LogP contribution is -2.36. The number of hydrogen-bond donors (Lipinski definition) is 1. The molecule has 0 spiro atoms. The van der Waals surface area contributed by atoms with Gasteiger partial charge in [0.05, 0.1) is 7.11 Å². The first-order valence-electron chi connectivity index (χ1n) is 3.59. The lowest BCUT2D eigenvalue weighted by atomic mass is 10.1. The van der Waals surface area contributed by atoms with Crippen molar-refractivity contribution in [1.82, 2.24) is 0 Å². The van der Waals surface area contributed by atoms with Gasteiger partial charge in [-0.15, -0.1) is 0 Å². The summed E-state index contributed by atoms with van der Waals surface area (Å²) in [7, 11) is 5.57. The molecule has 1 rings (SSSR count). The molecule has 0 aromatic carbocycles. The number of methoxy groups -OCH3 is 2. The summed E-state index contributed by atoms with van der Waals surface area (Å²) in [6.07, 6.45) is 4.43. The Balaban J connectivity index is 2.88. The second-order valence-corrected chi connectivity index (χ2v) is 3.51. The summed E-state index contributed by atoms with van der Waals surface area (Å²) in [6.45, 7) is 0. The predicted octanol–water partition coefficient (Wildman–Crippen LogP) is 0.665.